The Morgan fingerprint density at radius 2 is 1.65 bits per heavy atom. The topological polar surface area (TPSA) is 76.1 Å². The van der Waals surface area contributed by atoms with E-state index in [9.17, 15) is 27.9 Å². The smallest absolute Gasteiger partial charge is 0.372 e. The second-order valence-electron chi connectivity index (χ2n) is 13.3. The number of piperidine rings is 1. The molecule has 7 nitrogen and oxygen atoms in total. The summed E-state index contributed by atoms with van der Waals surface area (Å²) in [7, 11) is 3.80. The molecular formula is C37H44F4N4O3. The third-order valence-corrected chi connectivity index (χ3v) is 9.58. The lowest BCUT2D eigenvalue weighted by atomic mass is 9.83. The Morgan fingerprint density at radius 1 is 0.958 bits per heavy atom. The number of alkyl halides is 3. The molecule has 2 amide bonds. The summed E-state index contributed by atoms with van der Waals surface area (Å²) in [6.45, 7) is 3.71. The van der Waals surface area contributed by atoms with Gasteiger partial charge in [-0.1, -0.05) is 43.2 Å². The molecule has 0 spiro atoms. The van der Waals surface area contributed by atoms with Crippen LogP contribution in [0.15, 0.2) is 60.7 Å². The van der Waals surface area contributed by atoms with Gasteiger partial charge in [0.15, 0.2) is 0 Å². The summed E-state index contributed by atoms with van der Waals surface area (Å²) >= 11 is 0. The number of hydrogen-bond donors (Lipinski definition) is 2. The highest BCUT2D eigenvalue weighted by Gasteiger charge is 2.41. The average molecular weight is 669 g/mol. The van der Waals surface area contributed by atoms with Gasteiger partial charge in [-0.2, -0.15) is 13.2 Å². The van der Waals surface area contributed by atoms with Gasteiger partial charge in [-0.15, -0.1) is 0 Å². The van der Waals surface area contributed by atoms with Crippen LogP contribution in [0.5, 0.6) is 0 Å². The molecule has 11 heteroatoms. The van der Waals surface area contributed by atoms with E-state index in [1.54, 1.807) is 13.0 Å². The van der Waals surface area contributed by atoms with Crippen molar-refractivity contribution in [1.82, 2.24) is 9.80 Å². The first-order valence-electron chi connectivity index (χ1n) is 16.5. The van der Waals surface area contributed by atoms with Crippen molar-refractivity contribution in [2.75, 3.05) is 37.4 Å². The number of aliphatic hydroxyl groups excluding tert-OH is 1. The minimum atomic E-state index is -4.59. The molecule has 1 heterocycles. The molecule has 48 heavy (non-hydrogen) atoms. The minimum absolute atomic E-state index is 0.00232. The van der Waals surface area contributed by atoms with Crippen LogP contribution in [-0.4, -0.2) is 66.2 Å². The lowest BCUT2D eigenvalue weighted by Crippen LogP contribution is -2.47. The molecule has 2 aliphatic rings. The summed E-state index contributed by atoms with van der Waals surface area (Å²) in [5.74, 6) is -2.58. The van der Waals surface area contributed by atoms with Crippen LogP contribution in [0.2, 0.25) is 0 Å². The summed E-state index contributed by atoms with van der Waals surface area (Å²) in [6.07, 6.45) is -0.470. The van der Waals surface area contributed by atoms with Gasteiger partial charge in [0.25, 0.3) is 5.91 Å². The van der Waals surface area contributed by atoms with Gasteiger partial charge in [-0.3, -0.25) is 9.59 Å². The number of amides is 2. The van der Waals surface area contributed by atoms with E-state index in [2.05, 4.69) is 5.32 Å². The molecule has 2 N–H and O–H groups in total. The third-order valence-electron chi connectivity index (χ3n) is 9.58. The lowest BCUT2D eigenvalue weighted by Gasteiger charge is -2.41. The van der Waals surface area contributed by atoms with E-state index in [1.165, 1.54) is 36.1 Å². The predicted octanol–water partition coefficient (Wildman–Crippen LogP) is 7.32. The number of likely N-dealkylation sites (N-methyl/N-ethyl adjacent to an activating group) is 1. The van der Waals surface area contributed by atoms with Gasteiger partial charge in [0.1, 0.15) is 12.0 Å². The number of nitrogens with zero attached hydrogens (tertiary/aromatic N) is 3. The number of halogens is 4. The second kappa shape index (κ2) is 14.7. The number of rotatable bonds is 9. The van der Waals surface area contributed by atoms with E-state index in [0.717, 1.165) is 37.4 Å². The molecule has 0 bridgehead atoms. The van der Waals surface area contributed by atoms with Gasteiger partial charge in [0.05, 0.1) is 23.1 Å². The molecule has 258 valence electrons. The number of likely N-dealkylation sites (tertiary alicyclic amines) is 1. The molecule has 1 saturated carbocycles. The Kier molecular flexibility index (Phi) is 10.8. The molecular weight excluding hydrogens is 624 g/mol. The zero-order valence-electron chi connectivity index (χ0n) is 27.9. The van der Waals surface area contributed by atoms with Gasteiger partial charge in [0, 0.05) is 30.5 Å². The fourth-order valence-corrected chi connectivity index (χ4v) is 7.26. The van der Waals surface area contributed by atoms with Crippen molar-refractivity contribution in [3.63, 3.8) is 0 Å². The van der Waals surface area contributed by atoms with Gasteiger partial charge < -0.3 is 25.1 Å². The molecule has 1 aliphatic carbocycles. The zero-order valence-corrected chi connectivity index (χ0v) is 27.9. The standard InChI is InChI=1S/C37H44F4N4O3/c1-23-14-17-26(21-30(23)37(39,40)41)42-35(47)29-12-8-20-44(36(48)33-24(2)9-7-13-31(33)38)34(29)25-15-18-28(19-16-25)45(27-10-5-6-11-27)32(46)22-43(3)4/h7,9,13-19,21,27,29,32,34,46H,5-6,8,10-12,20,22H2,1-4H3,(H,42,47)/t29-,32?,34-/m0/s1. The highest BCUT2D eigenvalue weighted by atomic mass is 19.4. The Balaban J connectivity index is 1.52. The SMILES string of the molecule is Cc1ccc(NC(=O)[C@H]2CCCN(C(=O)c3c(C)cccc3F)[C@H]2c2ccc(N(C(O)CN(C)C)C3CCCC3)cc2)cc1C(F)(F)F. The number of anilines is 2. The number of carbonyl (C=O) groups excluding carboxylic acids is 2. The lowest BCUT2D eigenvalue weighted by molar-refractivity contribution is -0.138. The molecule has 2 fully saturated rings. The largest absolute Gasteiger partial charge is 0.416 e. The molecule has 3 aromatic carbocycles. The van der Waals surface area contributed by atoms with Gasteiger partial charge in [-0.05, 0) is 101 Å². The first kappa shape index (κ1) is 35.3. The van der Waals surface area contributed by atoms with Gasteiger partial charge in [-0.25, -0.2) is 4.39 Å². The van der Waals surface area contributed by atoms with Crippen molar-refractivity contribution < 1.29 is 32.3 Å². The Hall–Kier alpha value is -3.96. The van der Waals surface area contributed by atoms with Crippen LogP contribution >= 0.6 is 0 Å². The molecule has 3 atom stereocenters. The van der Waals surface area contributed by atoms with E-state index in [-0.39, 0.29) is 29.4 Å². The molecule has 5 rings (SSSR count). The summed E-state index contributed by atoms with van der Waals surface area (Å²) in [5, 5.41) is 13.9. The molecule has 0 radical (unpaired) electrons. The molecule has 3 aromatic rings. The van der Waals surface area contributed by atoms with E-state index in [0.29, 0.717) is 30.5 Å². The maximum Gasteiger partial charge on any atom is 0.416 e. The number of aryl methyl sites for hydroxylation is 2. The van der Waals surface area contributed by atoms with E-state index in [1.807, 2.05) is 48.2 Å². The van der Waals surface area contributed by atoms with Crippen molar-refractivity contribution in [3.8, 4) is 0 Å². The molecule has 1 saturated heterocycles. The monoisotopic (exact) mass is 668 g/mol. The van der Waals surface area contributed by atoms with Crippen LogP contribution in [0.1, 0.15) is 77.2 Å². The van der Waals surface area contributed by atoms with Crippen molar-refractivity contribution in [1.29, 1.82) is 0 Å². The second-order valence-corrected chi connectivity index (χ2v) is 13.3. The van der Waals surface area contributed by atoms with Gasteiger partial charge in [0.2, 0.25) is 5.91 Å². The predicted molar refractivity (Wildman–Crippen MR) is 178 cm³/mol. The van der Waals surface area contributed by atoms with E-state index in [4.69, 9.17) is 0 Å². The Labute approximate surface area is 279 Å². The highest BCUT2D eigenvalue weighted by Crippen LogP contribution is 2.40. The Morgan fingerprint density at radius 3 is 2.27 bits per heavy atom. The van der Waals surface area contributed by atoms with E-state index >= 15 is 4.39 Å². The van der Waals surface area contributed by atoms with Crippen molar-refractivity contribution in [2.24, 2.45) is 5.92 Å². The zero-order chi connectivity index (χ0) is 34.7. The fourth-order valence-electron chi connectivity index (χ4n) is 7.26. The number of aliphatic hydroxyl groups is 1. The summed E-state index contributed by atoms with van der Waals surface area (Å²) in [6, 6.07) is 14.8. The first-order valence-corrected chi connectivity index (χ1v) is 16.5. The number of benzene rings is 3. The third kappa shape index (κ3) is 7.68. The molecule has 1 aliphatic heterocycles. The van der Waals surface area contributed by atoms with Crippen molar-refractivity contribution in [3.05, 3.63) is 94.3 Å². The molecule has 0 aromatic heterocycles. The maximum absolute atomic E-state index is 15.1. The number of hydrogen-bond acceptors (Lipinski definition) is 5. The van der Waals surface area contributed by atoms with Crippen LogP contribution in [0, 0.1) is 25.6 Å². The molecule has 1 unspecified atom stereocenters. The number of carbonyl (C=O) groups is 2. The Bertz CT molecular complexity index is 1580. The fraction of sp³-hybridized carbons (Fsp3) is 0.459. The van der Waals surface area contributed by atoms with Crippen molar-refractivity contribution in [2.45, 2.75) is 76.9 Å². The maximum atomic E-state index is 15.1. The average Bonchev–Trinajstić information content (AvgIpc) is 3.55. The van der Waals surface area contributed by atoms with Crippen LogP contribution in [0.4, 0.5) is 28.9 Å². The summed E-state index contributed by atoms with van der Waals surface area (Å²) in [4.78, 5) is 33.5. The first-order chi connectivity index (χ1) is 22.8. The normalized spacial score (nSPS) is 19.4. The number of nitrogens with one attached hydrogen (secondary N) is 1. The van der Waals surface area contributed by atoms with Crippen molar-refractivity contribution >= 4 is 23.2 Å². The van der Waals surface area contributed by atoms with E-state index < -0.39 is 47.6 Å². The van der Waals surface area contributed by atoms with Gasteiger partial charge >= 0.3 is 6.18 Å². The summed E-state index contributed by atoms with van der Waals surface area (Å²) < 4.78 is 56.1. The minimum Gasteiger partial charge on any atom is -0.372 e. The van der Waals surface area contributed by atoms with Crippen LogP contribution < -0.4 is 10.2 Å². The quantitative estimate of drug-likeness (QED) is 0.185. The van der Waals surface area contributed by atoms with Crippen LogP contribution in [0.3, 0.4) is 0 Å². The van der Waals surface area contributed by atoms with Crippen LogP contribution in [0.25, 0.3) is 0 Å². The highest BCUT2D eigenvalue weighted by molar-refractivity contribution is 5.98. The summed E-state index contributed by atoms with van der Waals surface area (Å²) in [5.41, 5.74) is 1.02. The van der Waals surface area contributed by atoms with Crippen LogP contribution in [-0.2, 0) is 11.0 Å².